The van der Waals surface area contributed by atoms with Crippen LogP contribution >= 0.6 is 11.8 Å². The van der Waals surface area contributed by atoms with Crippen LogP contribution < -0.4 is 10.2 Å². The van der Waals surface area contributed by atoms with Crippen LogP contribution in [0.4, 0.5) is 10.5 Å². The number of urea groups is 1. The number of nitrogens with one attached hydrogen (secondary N) is 1. The SMILES string of the molecule is CSCC(C)NC(=O)N(CC(=O)O)c1ccccc1. The summed E-state index contributed by atoms with van der Waals surface area (Å²) in [6, 6.07) is 8.36. The van der Waals surface area contributed by atoms with Gasteiger partial charge in [-0.05, 0) is 25.3 Å². The maximum absolute atomic E-state index is 12.1. The van der Waals surface area contributed by atoms with E-state index in [2.05, 4.69) is 5.32 Å². The van der Waals surface area contributed by atoms with Crippen molar-refractivity contribution in [2.75, 3.05) is 23.5 Å². The highest BCUT2D eigenvalue weighted by Crippen LogP contribution is 2.13. The molecule has 0 bridgehead atoms. The first-order valence-electron chi connectivity index (χ1n) is 5.88. The predicted octanol–water partition coefficient (Wildman–Crippen LogP) is 2.04. The number of anilines is 1. The standard InChI is InChI=1S/C13H18N2O3S/c1-10(9-19-2)14-13(18)15(8-12(16)17)11-6-4-3-5-7-11/h3-7,10H,8-9H2,1-2H3,(H,14,18)(H,16,17). The fraction of sp³-hybridized carbons (Fsp3) is 0.385. The topological polar surface area (TPSA) is 69.6 Å². The van der Waals surface area contributed by atoms with Crippen LogP contribution in [0, 0.1) is 0 Å². The number of carboxylic acids is 1. The summed E-state index contributed by atoms with van der Waals surface area (Å²) in [6.45, 7) is 1.53. The molecule has 0 aliphatic carbocycles. The molecule has 5 nitrogen and oxygen atoms in total. The highest BCUT2D eigenvalue weighted by molar-refractivity contribution is 7.98. The third-order valence-corrected chi connectivity index (χ3v) is 3.23. The molecule has 1 unspecified atom stereocenters. The minimum absolute atomic E-state index is 0.0116. The van der Waals surface area contributed by atoms with Crippen molar-refractivity contribution < 1.29 is 14.7 Å². The van der Waals surface area contributed by atoms with Gasteiger partial charge in [0.2, 0.25) is 0 Å². The normalized spacial score (nSPS) is 11.7. The minimum atomic E-state index is -1.04. The molecule has 0 radical (unpaired) electrons. The van der Waals surface area contributed by atoms with Gasteiger partial charge in [0.05, 0.1) is 0 Å². The molecule has 104 valence electrons. The molecule has 2 amide bonds. The van der Waals surface area contributed by atoms with Gasteiger partial charge < -0.3 is 10.4 Å². The van der Waals surface area contributed by atoms with Crippen LogP contribution in [0.25, 0.3) is 0 Å². The van der Waals surface area contributed by atoms with Gasteiger partial charge in [0.1, 0.15) is 6.54 Å². The molecule has 0 saturated carbocycles. The van der Waals surface area contributed by atoms with Gasteiger partial charge in [-0.15, -0.1) is 0 Å². The van der Waals surface area contributed by atoms with Gasteiger partial charge in [0.25, 0.3) is 0 Å². The van der Waals surface area contributed by atoms with E-state index < -0.39 is 12.0 Å². The molecule has 6 heteroatoms. The zero-order chi connectivity index (χ0) is 14.3. The number of hydrogen-bond acceptors (Lipinski definition) is 3. The molecule has 0 saturated heterocycles. The van der Waals surface area contributed by atoms with E-state index in [1.54, 1.807) is 36.0 Å². The summed E-state index contributed by atoms with van der Waals surface area (Å²) in [5, 5.41) is 11.7. The van der Waals surface area contributed by atoms with Crippen LogP contribution in [0.1, 0.15) is 6.92 Å². The third kappa shape index (κ3) is 5.21. The lowest BCUT2D eigenvalue weighted by Crippen LogP contribution is -2.46. The second kappa shape index (κ2) is 7.68. The Kier molecular flexibility index (Phi) is 6.21. The van der Waals surface area contributed by atoms with Crippen molar-refractivity contribution in [1.29, 1.82) is 0 Å². The summed E-state index contributed by atoms with van der Waals surface area (Å²) in [7, 11) is 0. The Balaban J connectivity index is 2.80. The largest absolute Gasteiger partial charge is 0.480 e. The molecule has 0 heterocycles. The number of carboxylic acid groups (broad SMARTS) is 1. The molecule has 1 aromatic rings. The average molecular weight is 282 g/mol. The summed E-state index contributed by atoms with van der Waals surface area (Å²) in [5.74, 6) is -0.266. The van der Waals surface area contributed by atoms with Crippen molar-refractivity contribution in [3.8, 4) is 0 Å². The number of amides is 2. The van der Waals surface area contributed by atoms with Gasteiger partial charge in [0, 0.05) is 17.5 Å². The van der Waals surface area contributed by atoms with E-state index in [1.165, 1.54) is 4.90 Å². The van der Waals surface area contributed by atoms with Crippen LogP contribution in [-0.4, -0.2) is 41.7 Å². The van der Waals surface area contributed by atoms with Crippen LogP contribution in [0.15, 0.2) is 30.3 Å². The number of carbonyl (C=O) groups excluding carboxylic acids is 1. The lowest BCUT2D eigenvalue weighted by Gasteiger charge is -2.23. The summed E-state index contributed by atoms with van der Waals surface area (Å²) in [4.78, 5) is 24.2. The number of carbonyl (C=O) groups is 2. The second-order valence-electron chi connectivity index (χ2n) is 4.12. The number of rotatable bonds is 6. The smallest absolute Gasteiger partial charge is 0.323 e. The molecular weight excluding hydrogens is 264 g/mol. The van der Waals surface area contributed by atoms with Crippen molar-refractivity contribution >= 4 is 29.4 Å². The number of para-hydroxylation sites is 1. The molecule has 1 atom stereocenters. The van der Waals surface area contributed by atoms with Crippen molar-refractivity contribution in [2.24, 2.45) is 0 Å². The van der Waals surface area contributed by atoms with E-state index in [1.807, 2.05) is 19.2 Å². The summed E-state index contributed by atoms with van der Waals surface area (Å²) in [6.07, 6.45) is 1.95. The number of hydrogen-bond donors (Lipinski definition) is 2. The van der Waals surface area contributed by atoms with Crippen LogP contribution in [0.5, 0.6) is 0 Å². The first-order valence-corrected chi connectivity index (χ1v) is 7.27. The highest BCUT2D eigenvalue weighted by atomic mass is 32.2. The number of aliphatic carboxylic acids is 1. The minimum Gasteiger partial charge on any atom is -0.480 e. The quantitative estimate of drug-likeness (QED) is 0.837. The lowest BCUT2D eigenvalue weighted by molar-refractivity contribution is -0.135. The van der Waals surface area contributed by atoms with E-state index in [-0.39, 0.29) is 12.6 Å². The molecule has 0 spiro atoms. The Morgan fingerprint density at radius 3 is 2.53 bits per heavy atom. The molecule has 2 N–H and O–H groups in total. The van der Waals surface area contributed by atoms with Crippen LogP contribution in [0.3, 0.4) is 0 Å². The van der Waals surface area contributed by atoms with E-state index in [4.69, 9.17) is 5.11 Å². The monoisotopic (exact) mass is 282 g/mol. The molecule has 0 aromatic heterocycles. The number of nitrogens with zero attached hydrogens (tertiary/aromatic N) is 1. The van der Waals surface area contributed by atoms with Crippen molar-refractivity contribution in [2.45, 2.75) is 13.0 Å². The lowest BCUT2D eigenvalue weighted by atomic mass is 10.3. The van der Waals surface area contributed by atoms with Gasteiger partial charge in [-0.25, -0.2) is 4.79 Å². The molecule has 19 heavy (non-hydrogen) atoms. The molecule has 0 aliphatic heterocycles. The number of benzene rings is 1. The molecule has 0 fully saturated rings. The van der Waals surface area contributed by atoms with E-state index in [9.17, 15) is 9.59 Å². The fourth-order valence-electron chi connectivity index (χ4n) is 1.60. The van der Waals surface area contributed by atoms with Crippen molar-refractivity contribution in [3.63, 3.8) is 0 Å². The zero-order valence-corrected chi connectivity index (χ0v) is 11.8. The van der Waals surface area contributed by atoms with Crippen molar-refractivity contribution in [3.05, 3.63) is 30.3 Å². The van der Waals surface area contributed by atoms with Crippen LogP contribution in [0.2, 0.25) is 0 Å². The van der Waals surface area contributed by atoms with E-state index in [0.717, 1.165) is 5.75 Å². The second-order valence-corrected chi connectivity index (χ2v) is 5.03. The fourth-order valence-corrected chi connectivity index (χ4v) is 2.19. The van der Waals surface area contributed by atoms with Gasteiger partial charge >= 0.3 is 12.0 Å². The molecule has 1 aromatic carbocycles. The van der Waals surface area contributed by atoms with E-state index in [0.29, 0.717) is 5.69 Å². The molecule has 0 aliphatic rings. The predicted molar refractivity (Wildman–Crippen MR) is 77.8 cm³/mol. The summed E-state index contributed by atoms with van der Waals surface area (Å²) < 4.78 is 0. The van der Waals surface area contributed by atoms with Gasteiger partial charge in [-0.1, -0.05) is 18.2 Å². The van der Waals surface area contributed by atoms with E-state index >= 15 is 0 Å². The first kappa shape index (κ1) is 15.4. The summed E-state index contributed by atoms with van der Waals surface area (Å²) >= 11 is 1.62. The number of thioether (sulfide) groups is 1. The maximum atomic E-state index is 12.1. The molecular formula is C13H18N2O3S. The summed E-state index contributed by atoms with van der Waals surface area (Å²) in [5.41, 5.74) is 0.568. The third-order valence-electron chi connectivity index (χ3n) is 2.39. The van der Waals surface area contributed by atoms with Crippen molar-refractivity contribution in [1.82, 2.24) is 5.32 Å². The average Bonchev–Trinajstić information content (AvgIpc) is 2.37. The Hall–Kier alpha value is -1.69. The Bertz CT molecular complexity index is 425. The Labute approximate surface area is 117 Å². The van der Waals surface area contributed by atoms with Crippen LogP contribution in [-0.2, 0) is 4.79 Å². The highest BCUT2D eigenvalue weighted by Gasteiger charge is 2.19. The van der Waals surface area contributed by atoms with Gasteiger partial charge in [-0.3, -0.25) is 9.69 Å². The first-order chi connectivity index (χ1) is 9.04. The van der Waals surface area contributed by atoms with Gasteiger partial charge in [0.15, 0.2) is 0 Å². The Morgan fingerprint density at radius 1 is 1.37 bits per heavy atom. The zero-order valence-electron chi connectivity index (χ0n) is 11.0. The Morgan fingerprint density at radius 2 is 2.00 bits per heavy atom. The maximum Gasteiger partial charge on any atom is 0.323 e. The molecule has 1 rings (SSSR count). The van der Waals surface area contributed by atoms with Gasteiger partial charge in [-0.2, -0.15) is 11.8 Å².